The van der Waals surface area contributed by atoms with Gasteiger partial charge in [0.25, 0.3) is 5.91 Å². The molecule has 2 unspecified atom stereocenters. The Kier molecular flexibility index (Phi) is 6.62. The molecule has 0 spiro atoms. The largest absolute Gasteiger partial charge is 0.369 e. The van der Waals surface area contributed by atoms with Crippen LogP contribution in [0.5, 0.6) is 0 Å². The number of carbonyl (C=O) groups excluding carboxylic acids is 1. The van der Waals surface area contributed by atoms with Crippen LogP contribution in [-0.2, 0) is 4.79 Å². The summed E-state index contributed by atoms with van der Waals surface area (Å²) >= 11 is 6.00. The maximum Gasteiger partial charge on any atom is 0.262 e. The maximum atomic E-state index is 12.1. The molecule has 0 aliphatic carbocycles. The van der Waals surface area contributed by atoms with Gasteiger partial charge in [0.1, 0.15) is 0 Å². The van der Waals surface area contributed by atoms with Gasteiger partial charge in [-0.05, 0) is 25.1 Å². The van der Waals surface area contributed by atoms with E-state index in [2.05, 4.69) is 20.7 Å². The van der Waals surface area contributed by atoms with Crippen LogP contribution in [0.1, 0.15) is 13.3 Å². The van der Waals surface area contributed by atoms with E-state index >= 15 is 0 Å². The third kappa shape index (κ3) is 4.97. The molecule has 1 heterocycles. The monoisotopic (exact) mass is 353 g/mol. The van der Waals surface area contributed by atoms with Gasteiger partial charge in [0.05, 0.1) is 6.04 Å². The molecule has 0 radical (unpaired) electrons. The Morgan fingerprint density at radius 1 is 1.25 bits per heavy atom. The minimum Gasteiger partial charge on any atom is -0.369 e. The van der Waals surface area contributed by atoms with Crippen molar-refractivity contribution in [3.05, 3.63) is 39.1 Å². The lowest BCUT2D eigenvalue weighted by atomic mass is 10.1. The molecular formula is C15H20ClN5O3. The number of hydrogen-bond donors (Lipinski definition) is 1. The molecule has 8 nitrogen and oxygen atoms in total. The number of benzene rings is 1. The number of carbonyl (C=O) groups is 1. The number of nitroso groups, excluding NO2 is 2. The zero-order chi connectivity index (χ0) is 17.5. The fourth-order valence-corrected chi connectivity index (χ4v) is 2.73. The number of hydrazine groups is 1. The molecule has 130 valence electrons. The molecule has 1 amide bonds. The molecule has 1 aromatic carbocycles. The first-order chi connectivity index (χ1) is 11.5. The third-order valence-electron chi connectivity index (χ3n) is 3.90. The van der Waals surface area contributed by atoms with Crippen molar-refractivity contribution >= 4 is 23.2 Å². The SMILES string of the molecule is CC(CC(N=O)C(=O)NN1CCN(c2cccc(Cl)c2)CC1)N=O. The summed E-state index contributed by atoms with van der Waals surface area (Å²) in [6.45, 7) is 4.18. The van der Waals surface area contributed by atoms with Crippen molar-refractivity contribution in [1.29, 1.82) is 0 Å². The Labute approximate surface area is 145 Å². The molecule has 1 N–H and O–H groups in total. The van der Waals surface area contributed by atoms with Crippen molar-refractivity contribution in [3.8, 4) is 0 Å². The summed E-state index contributed by atoms with van der Waals surface area (Å²) in [6, 6.07) is 5.87. The molecule has 1 aliphatic rings. The highest BCUT2D eigenvalue weighted by atomic mass is 35.5. The Balaban J connectivity index is 1.84. The number of hydrogen-bond acceptors (Lipinski definition) is 7. The number of nitrogens with one attached hydrogen (secondary N) is 1. The number of piperazine rings is 1. The molecule has 1 fully saturated rings. The number of anilines is 1. The van der Waals surface area contributed by atoms with Crippen LogP contribution in [0, 0.1) is 9.81 Å². The van der Waals surface area contributed by atoms with Crippen LogP contribution in [0.4, 0.5) is 5.69 Å². The molecule has 2 atom stereocenters. The first kappa shape index (κ1) is 18.3. The van der Waals surface area contributed by atoms with Gasteiger partial charge in [-0.1, -0.05) is 28.0 Å². The van der Waals surface area contributed by atoms with Crippen LogP contribution < -0.4 is 10.3 Å². The number of rotatable bonds is 7. The van der Waals surface area contributed by atoms with Gasteiger partial charge in [0, 0.05) is 43.3 Å². The topological polar surface area (TPSA) is 94.4 Å². The second kappa shape index (κ2) is 8.70. The molecule has 2 rings (SSSR count). The van der Waals surface area contributed by atoms with Crippen molar-refractivity contribution in [2.75, 3.05) is 31.1 Å². The highest BCUT2D eigenvalue weighted by Gasteiger charge is 2.26. The molecule has 1 aliphatic heterocycles. The quantitative estimate of drug-likeness (QED) is 0.758. The van der Waals surface area contributed by atoms with Gasteiger partial charge in [-0.3, -0.25) is 10.2 Å². The first-order valence-corrected chi connectivity index (χ1v) is 8.12. The summed E-state index contributed by atoms with van der Waals surface area (Å²) < 4.78 is 0. The third-order valence-corrected chi connectivity index (χ3v) is 4.13. The van der Waals surface area contributed by atoms with E-state index in [1.165, 1.54) is 0 Å². The Bertz CT molecular complexity index is 592. The standard InChI is InChI=1S/C15H20ClN5O3/c1-11(18-23)9-14(19-24)15(22)17-21-7-5-20(6-8-21)13-4-2-3-12(16)10-13/h2-4,10-11,14H,5-9H2,1H3,(H,17,22). The lowest BCUT2D eigenvalue weighted by Crippen LogP contribution is -2.55. The Morgan fingerprint density at radius 3 is 2.54 bits per heavy atom. The van der Waals surface area contributed by atoms with E-state index in [-0.39, 0.29) is 6.42 Å². The van der Waals surface area contributed by atoms with Crippen LogP contribution in [0.25, 0.3) is 0 Å². The number of nitrogens with zero attached hydrogens (tertiary/aromatic N) is 4. The predicted octanol–water partition coefficient (Wildman–Crippen LogP) is 2.17. The maximum absolute atomic E-state index is 12.1. The van der Waals surface area contributed by atoms with Crippen molar-refractivity contribution in [2.24, 2.45) is 10.4 Å². The van der Waals surface area contributed by atoms with Gasteiger partial charge in [0.15, 0.2) is 6.04 Å². The van der Waals surface area contributed by atoms with E-state index in [0.29, 0.717) is 31.2 Å². The van der Waals surface area contributed by atoms with Gasteiger partial charge in [0.2, 0.25) is 0 Å². The zero-order valence-corrected chi connectivity index (χ0v) is 14.1. The van der Waals surface area contributed by atoms with Crippen molar-refractivity contribution < 1.29 is 4.79 Å². The molecule has 1 saturated heterocycles. The van der Waals surface area contributed by atoms with Crippen LogP contribution in [0.15, 0.2) is 34.6 Å². The van der Waals surface area contributed by atoms with Gasteiger partial charge in [-0.15, -0.1) is 4.91 Å². The summed E-state index contributed by atoms with van der Waals surface area (Å²) in [5, 5.41) is 8.03. The van der Waals surface area contributed by atoms with Crippen LogP contribution >= 0.6 is 11.6 Å². The minimum absolute atomic E-state index is 0.0152. The van der Waals surface area contributed by atoms with Gasteiger partial charge in [-0.25, -0.2) is 5.01 Å². The van der Waals surface area contributed by atoms with E-state index < -0.39 is 18.0 Å². The summed E-state index contributed by atoms with van der Waals surface area (Å²) in [5.74, 6) is -0.503. The second-order valence-electron chi connectivity index (χ2n) is 5.74. The van der Waals surface area contributed by atoms with E-state index in [1.807, 2.05) is 24.3 Å². The lowest BCUT2D eigenvalue weighted by molar-refractivity contribution is -0.127. The molecule has 0 bridgehead atoms. The van der Waals surface area contributed by atoms with E-state index in [1.54, 1.807) is 11.9 Å². The summed E-state index contributed by atoms with van der Waals surface area (Å²) in [4.78, 5) is 35.5. The van der Waals surface area contributed by atoms with Gasteiger partial charge in [-0.2, -0.15) is 4.91 Å². The lowest BCUT2D eigenvalue weighted by Gasteiger charge is -2.36. The van der Waals surface area contributed by atoms with E-state index in [9.17, 15) is 14.6 Å². The van der Waals surface area contributed by atoms with Gasteiger partial charge >= 0.3 is 0 Å². The van der Waals surface area contributed by atoms with Crippen molar-refractivity contribution in [2.45, 2.75) is 25.4 Å². The summed E-state index contributed by atoms with van der Waals surface area (Å²) in [5.41, 5.74) is 3.72. The summed E-state index contributed by atoms with van der Waals surface area (Å²) in [7, 11) is 0. The predicted molar refractivity (Wildman–Crippen MR) is 92.8 cm³/mol. The zero-order valence-electron chi connectivity index (χ0n) is 13.4. The van der Waals surface area contributed by atoms with Gasteiger partial charge < -0.3 is 4.90 Å². The van der Waals surface area contributed by atoms with Crippen LogP contribution in [0.2, 0.25) is 5.02 Å². The van der Waals surface area contributed by atoms with Crippen molar-refractivity contribution in [1.82, 2.24) is 10.4 Å². The first-order valence-electron chi connectivity index (χ1n) is 7.74. The highest BCUT2D eigenvalue weighted by molar-refractivity contribution is 6.30. The normalized spacial score (nSPS) is 17.8. The number of amides is 1. The molecule has 1 aromatic rings. The fourth-order valence-electron chi connectivity index (χ4n) is 2.54. The Morgan fingerprint density at radius 2 is 1.96 bits per heavy atom. The van der Waals surface area contributed by atoms with Crippen LogP contribution in [0.3, 0.4) is 0 Å². The molecule has 24 heavy (non-hydrogen) atoms. The summed E-state index contributed by atoms with van der Waals surface area (Å²) in [6.07, 6.45) is 0.0152. The average molecular weight is 354 g/mol. The van der Waals surface area contributed by atoms with Crippen LogP contribution in [-0.4, -0.2) is 49.2 Å². The Hall–Kier alpha value is -2.06. The smallest absolute Gasteiger partial charge is 0.262 e. The van der Waals surface area contributed by atoms with E-state index in [4.69, 9.17) is 11.6 Å². The molecular weight excluding hydrogens is 334 g/mol. The van der Waals surface area contributed by atoms with Crippen molar-refractivity contribution in [3.63, 3.8) is 0 Å². The number of halogens is 1. The minimum atomic E-state index is -1.11. The second-order valence-corrected chi connectivity index (χ2v) is 6.18. The van der Waals surface area contributed by atoms with E-state index in [0.717, 1.165) is 5.69 Å². The average Bonchev–Trinajstić information content (AvgIpc) is 2.60. The molecule has 9 heteroatoms. The fraction of sp³-hybridized carbons (Fsp3) is 0.533. The highest BCUT2D eigenvalue weighted by Crippen LogP contribution is 2.20. The molecule has 0 aromatic heterocycles. The molecule has 0 saturated carbocycles.